The Morgan fingerprint density at radius 1 is 0.739 bits per heavy atom. The summed E-state index contributed by atoms with van der Waals surface area (Å²) < 4.78 is 18.9. The van der Waals surface area contributed by atoms with Crippen molar-refractivity contribution in [3.63, 3.8) is 0 Å². The lowest BCUT2D eigenvalue weighted by Gasteiger charge is -2.16. The minimum Gasteiger partial charge on any atom is -0.378 e. The third kappa shape index (κ3) is 18.5. The van der Waals surface area contributed by atoms with Crippen LogP contribution >= 0.6 is 15.9 Å². The average molecular weight is 395 g/mol. The van der Waals surface area contributed by atoms with E-state index in [1.54, 1.807) is 6.92 Å². The van der Waals surface area contributed by atoms with E-state index in [9.17, 15) is 4.39 Å². The van der Waals surface area contributed by atoms with Gasteiger partial charge in [-0.15, -0.1) is 0 Å². The number of alkyl halides is 2. The van der Waals surface area contributed by atoms with Gasteiger partial charge in [-0.3, -0.25) is 0 Å². The smallest absolute Gasteiger partial charge is 0.141 e. The summed E-state index contributed by atoms with van der Waals surface area (Å²) in [5, 5.41) is 0.346. The molecule has 0 aromatic rings. The molecule has 23 heavy (non-hydrogen) atoms. The summed E-state index contributed by atoms with van der Waals surface area (Å²) in [6, 6.07) is 0. The molecule has 0 saturated carbocycles. The highest BCUT2D eigenvalue weighted by molar-refractivity contribution is 9.09. The lowest BCUT2D eigenvalue weighted by molar-refractivity contribution is 0.0383. The molecule has 0 aromatic carbocycles. The van der Waals surface area contributed by atoms with Crippen LogP contribution in [-0.4, -0.2) is 24.2 Å². The molecule has 1 unspecified atom stereocenters. The van der Waals surface area contributed by atoms with Gasteiger partial charge in [-0.05, 0) is 13.3 Å². The van der Waals surface area contributed by atoms with Crippen molar-refractivity contribution < 1.29 is 9.13 Å². The Morgan fingerprint density at radius 3 is 1.52 bits per heavy atom. The van der Waals surface area contributed by atoms with Crippen LogP contribution in [0.5, 0.6) is 0 Å². The van der Waals surface area contributed by atoms with Gasteiger partial charge in [0, 0.05) is 11.9 Å². The van der Waals surface area contributed by atoms with Gasteiger partial charge in [-0.1, -0.05) is 106 Å². The van der Waals surface area contributed by atoms with Gasteiger partial charge in [0.1, 0.15) is 5.67 Å². The first-order valence-corrected chi connectivity index (χ1v) is 11.1. The van der Waals surface area contributed by atoms with E-state index in [0.29, 0.717) is 11.9 Å². The minimum atomic E-state index is -1.23. The van der Waals surface area contributed by atoms with E-state index in [1.165, 1.54) is 83.5 Å². The van der Waals surface area contributed by atoms with Gasteiger partial charge in [0.05, 0.1) is 6.61 Å². The summed E-state index contributed by atoms with van der Waals surface area (Å²) in [5.41, 5.74) is -1.23. The van der Waals surface area contributed by atoms with Gasteiger partial charge >= 0.3 is 0 Å². The van der Waals surface area contributed by atoms with E-state index in [0.717, 1.165) is 6.42 Å². The van der Waals surface area contributed by atoms with E-state index in [-0.39, 0.29) is 6.61 Å². The number of hydrogen-bond acceptors (Lipinski definition) is 1. The van der Waals surface area contributed by atoms with Gasteiger partial charge < -0.3 is 4.74 Å². The van der Waals surface area contributed by atoms with E-state index < -0.39 is 5.67 Å². The zero-order valence-corrected chi connectivity index (χ0v) is 17.3. The topological polar surface area (TPSA) is 9.23 Å². The summed E-state index contributed by atoms with van der Waals surface area (Å²) in [7, 11) is 0. The Kier molecular flexibility index (Phi) is 17.5. The van der Waals surface area contributed by atoms with Crippen molar-refractivity contribution in [1.82, 2.24) is 0 Å². The largest absolute Gasteiger partial charge is 0.378 e. The second-order valence-corrected chi connectivity index (χ2v) is 7.76. The molecule has 0 fully saturated rings. The van der Waals surface area contributed by atoms with E-state index in [2.05, 4.69) is 22.9 Å². The molecular weight excluding hydrogens is 355 g/mol. The lowest BCUT2D eigenvalue weighted by Crippen LogP contribution is -2.27. The van der Waals surface area contributed by atoms with Crippen LogP contribution in [0.3, 0.4) is 0 Å². The highest BCUT2D eigenvalue weighted by atomic mass is 79.9. The number of ether oxygens (including phenoxy) is 1. The molecule has 0 bridgehead atoms. The Morgan fingerprint density at radius 2 is 1.13 bits per heavy atom. The van der Waals surface area contributed by atoms with Crippen LogP contribution in [-0.2, 0) is 4.74 Å². The average Bonchev–Trinajstić information content (AvgIpc) is 2.54. The maximum Gasteiger partial charge on any atom is 0.141 e. The van der Waals surface area contributed by atoms with Crippen LogP contribution < -0.4 is 0 Å². The monoisotopic (exact) mass is 394 g/mol. The van der Waals surface area contributed by atoms with E-state index in [1.807, 2.05) is 0 Å². The Bertz CT molecular complexity index is 234. The van der Waals surface area contributed by atoms with Crippen molar-refractivity contribution in [3.05, 3.63) is 0 Å². The first-order valence-electron chi connectivity index (χ1n) is 9.95. The zero-order chi connectivity index (χ0) is 17.2. The van der Waals surface area contributed by atoms with Crippen molar-refractivity contribution in [2.24, 2.45) is 0 Å². The molecule has 1 atom stereocenters. The molecule has 0 aromatic heterocycles. The Hall–Kier alpha value is 0.370. The van der Waals surface area contributed by atoms with Crippen LogP contribution in [0.2, 0.25) is 0 Å². The second-order valence-electron chi connectivity index (χ2n) is 7.20. The molecule has 0 rings (SSSR count). The van der Waals surface area contributed by atoms with Gasteiger partial charge in [0.15, 0.2) is 0 Å². The Labute approximate surface area is 153 Å². The zero-order valence-electron chi connectivity index (χ0n) is 15.7. The number of halogens is 2. The molecule has 0 amide bonds. The second kappa shape index (κ2) is 17.2. The maximum atomic E-state index is 13.5. The van der Waals surface area contributed by atoms with E-state index >= 15 is 0 Å². The highest BCUT2D eigenvalue weighted by Crippen LogP contribution is 2.15. The van der Waals surface area contributed by atoms with Crippen LogP contribution in [0.25, 0.3) is 0 Å². The summed E-state index contributed by atoms with van der Waals surface area (Å²) in [6.45, 7) is 4.76. The molecule has 0 aliphatic heterocycles. The SMILES string of the molecule is CCCCCCCCCCCCCCCCOCC(C)(F)CBr. The fraction of sp³-hybridized carbons (Fsp3) is 1.00. The quantitative estimate of drug-likeness (QED) is 0.171. The van der Waals surface area contributed by atoms with E-state index in [4.69, 9.17) is 4.74 Å². The van der Waals surface area contributed by atoms with Crippen LogP contribution in [0, 0.1) is 0 Å². The number of unbranched alkanes of at least 4 members (excludes halogenated alkanes) is 13. The van der Waals surface area contributed by atoms with Crippen LogP contribution in [0.1, 0.15) is 104 Å². The van der Waals surface area contributed by atoms with Crippen molar-refractivity contribution in [1.29, 1.82) is 0 Å². The van der Waals surface area contributed by atoms with Crippen LogP contribution in [0.15, 0.2) is 0 Å². The third-order valence-electron chi connectivity index (χ3n) is 4.32. The molecular formula is C20H40BrFO. The first kappa shape index (κ1) is 23.4. The Balaban J connectivity index is 3.05. The van der Waals surface area contributed by atoms with Gasteiger partial charge in [0.25, 0.3) is 0 Å². The number of rotatable bonds is 18. The minimum absolute atomic E-state index is 0.205. The highest BCUT2D eigenvalue weighted by Gasteiger charge is 2.21. The summed E-state index contributed by atoms with van der Waals surface area (Å²) in [6.07, 6.45) is 19.0. The van der Waals surface area contributed by atoms with Crippen molar-refractivity contribution in [2.75, 3.05) is 18.5 Å². The van der Waals surface area contributed by atoms with Gasteiger partial charge in [-0.25, -0.2) is 4.39 Å². The molecule has 0 spiro atoms. The van der Waals surface area contributed by atoms with Gasteiger partial charge in [0.2, 0.25) is 0 Å². The van der Waals surface area contributed by atoms with Gasteiger partial charge in [-0.2, -0.15) is 0 Å². The summed E-state index contributed by atoms with van der Waals surface area (Å²) in [5.74, 6) is 0. The normalized spacial score (nSPS) is 14.1. The molecule has 0 N–H and O–H groups in total. The predicted molar refractivity (Wildman–Crippen MR) is 104 cm³/mol. The molecule has 0 radical (unpaired) electrons. The lowest BCUT2D eigenvalue weighted by atomic mass is 10.0. The number of hydrogen-bond donors (Lipinski definition) is 0. The summed E-state index contributed by atoms with van der Waals surface area (Å²) >= 11 is 3.16. The molecule has 0 heterocycles. The molecule has 1 nitrogen and oxygen atoms in total. The standard InChI is InChI=1S/C20H40BrFO/c1-3-4-5-6-7-8-9-10-11-12-13-14-15-16-17-23-19-20(2,22)18-21/h3-19H2,1-2H3. The molecule has 0 saturated heterocycles. The third-order valence-corrected chi connectivity index (χ3v) is 5.49. The molecule has 140 valence electrons. The maximum absolute atomic E-state index is 13.5. The molecule has 0 aliphatic rings. The summed E-state index contributed by atoms with van der Waals surface area (Å²) in [4.78, 5) is 0. The van der Waals surface area contributed by atoms with Crippen molar-refractivity contribution in [3.8, 4) is 0 Å². The molecule has 0 aliphatic carbocycles. The predicted octanol–water partition coefficient (Wildman–Crippen LogP) is 7.61. The fourth-order valence-electron chi connectivity index (χ4n) is 2.72. The van der Waals surface area contributed by atoms with Crippen LogP contribution in [0.4, 0.5) is 4.39 Å². The first-order chi connectivity index (χ1) is 11.1. The molecule has 3 heteroatoms. The van der Waals surface area contributed by atoms with Crippen molar-refractivity contribution >= 4 is 15.9 Å². The fourth-order valence-corrected chi connectivity index (χ4v) is 2.88. The van der Waals surface area contributed by atoms with Crippen molar-refractivity contribution in [2.45, 2.75) is 109 Å².